The van der Waals surface area contributed by atoms with E-state index < -0.39 is 17.6 Å². The molecule has 140 valence electrons. The molecule has 2 amide bonds. The Labute approximate surface area is 156 Å². The summed E-state index contributed by atoms with van der Waals surface area (Å²) in [6, 6.07) is 13.0. The molecule has 0 unspecified atom stereocenters. The molecule has 0 saturated heterocycles. The van der Waals surface area contributed by atoms with Gasteiger partial charge in [-0.15, -0.1) is 0 Å². The highest BCUT2D eigenvalue weighted by Crippen LogP contribution is 2.15. The molecule has 2 aromatic carbocycles. The number of hydrazone groups is 1. The van der Waals surface area contributed by atoms with E-state index in [1.807, 2.05) is 12.1 Å². The van der Waals surface area contributed by atoms with Gasteiger partial charge in [0.2, 0.25) is 11.8 Å². The Morgan fingerprint density at radius 2 is 1.78 bits per heavy atom. The highest BCUT2D eigenvalue weighted by Gasteiger charge is 2.09. The number of para-hydroxylation sites is 2. The van der Waals surface area contributed by atoms with Crippen LogP contribution in [0.15, 0.2) is 66.3 Å². The lowest BCUT2D eigenvalue weighted by Gasteiger charge is -2.06. The number of nitrogens with one attached hydrogen (secondary N) is 2. The summed E-state index contributed by atoms with van der Waals surface area (Å²) in [6.07, 6.45) is 2.92. The molecule has 0 atom stereocenters. The third kappa shape index (κ3) is 6.74. The maximum Gasteiger partial charge on any atom is 0.240 e. The fraction of sp³-hybridized carbons (Fsp3) is 0.150. The number of hydrogen-bond acceptors (Lipinski definition) is 4. The Bertz CT molecular complexity index is 837. The van der Waals surface area contributed by atoms with Crippen LogP contribution in [0.5, 0.6) is 5.75 Å². The van der Waals surface area contributed by atoms with E-state index in [9.17, 15) is 14.0 Å². The van der Waals surface area contributed by atoms with E-state index in [0.29, 0.717) is 17.9 Å². The summed E-state index contributed by atoms with van der Waals surface area (Å²) in [7, 11) is 0. The van der Waals surface area contributed by atoms with Gasteiger partial charge in [0.25, 0.3) is 0 Å². The lowest BCUT2D eigenvalue weighted by atomic mass is 10.2. The van der Waals surface area contributed by atoms with E-state index in [4.69, 9.17) is 4.74 Å². The number of nitrogens with zero attached hydrogens (tertiary/aromatic N) is 1. The van der Waals surface area contributed by atoms with Gasteiger partial charge in [-0.3, -0.25) is 9.59 Å². The van der Waals surface area contributed by atoms with Crippen LogP contribution in [-0.2, 0) is 9.59 Å². The number of carbonyl (C=O) groups excluding carboxylic acids is 2. The van der Waals surface area contributed by atoms with Crippen molar-refractivity contribution in [2.24, 2.45) is 5.10 Å². The second kappa shape index (κ2) is 10.5. The molecule has 0 bridgehead atoms. The van der Waals surface area contributed by atoms with E-state index in [1.54, 1.807) is 24.3 Å². The molecule has 7 heteroatoms. The van der Waals surface area contributed by atoms with Crippen LogP contribution in [-0.4, -0.2) is 24.6 Å². The maximum absolute atomic E-state index is 13.5. The molecule has 2 aromatic rings. The van der Waals surface area contributed by atoms with Crippen molar-refractivity contribution in [2.45, 2.75) is 12.8 Å². The average molecular weight is 369 g/mol. The highest BCUT2D eigenvalue weighted by atomic mass is 19.1. The molecule has 2 rings (SSSR count). The summed E-state index contributed by atoms with van der Waals surface area (Å²) in [6.45, 7) is 3.94. The summed E-state index contributed by atoms with van der Waals surface area (Å²) in [4.78, 5) is 23.6. The van der Waals surface area contributed by atoms with Crippen LogP contribution in [0.4, 0.5) is 10.1 Å². The molecule has 6 nitrogen and oxygen atoms in total. The molecule has 0 aliphatic heterocycles. The first-order chi connectivity index (χ1) is 13.1. The molecule has 0 fully saturated rings. The SMILES string of the molecule is C=CCOc1ccccc1C=NNC(=O)CCC(=O)Nc1ccccc1F. The van der Waals surface area contributed by atoms with E-state index in [0.717, 1.165) is 0 Å². The van der Waals surface area contributed by atoms with Gasteiger partial charge in [0.15, 0.2) is 0 Å². The number of ether oxygens (including phenoxy) is 1. The zero-order valence-corrected chi connectivity index (χ0v) is 14.7. The van der Waals surface area contributed by atoms with Gasteiger partial charge in [-0.2, -0.15) is 5.10 Å². The van der Waals surface area contributed by atoms with E-state index >= 15 is 0 Å². The molecule has 2 N–H and O–H groups in total. The number of amides is 2. The van der Waals surface area contributed by atoms with Crippen molar-refractivity contribution in [1.29, 1.82) is 0 Å². The van der Waals surface area contributed by atoms with Crippen LogP contribution in [0.25, 0.3) is 0 Å². The molecular weight excluding hydrogens is 349 g/mol. The fourth-order valence-electron chi connectivity index (χ4n) is 2.10. The lowest BCUT2D eigenvalue weighted by Crippen LogP contribution is -2.21. The first kappa shape index (κ1) is 19.8. The first-order valence-corrected chi connectivity index (χ1v) is 8.29. The fourth-order valence-corrected chi connectivity index (χ4v) is 2.10. The van der Waals surface area contributed by atoms with Crippen LogP contribution in [0.2, 0.25) is 0 Å². The lowest BCUT2D eigenvalue weighted by molar-refractivity contribution is -0.124. The first-order valence-electron chi connectivity index (χ1n) is 8.29. The quantitative estimate of drug-likeness (QED) is 0.404. The van der Waals surface area contributed by atoms with Crippen molar-refractivity contribution in [2.75, 3.05) is 11.9 Å². The van der Waals surface area contributed by atoms with Crippen molar-refractivity contribution < 1.29 is 18.7 Å². The number of anilines is 1. The Balaban J connectivity index is 1.79. The highest BCUT2D eigenvalue weighted by molar-refractivity contribution is 5.93. The normalized spacial score (nSPS) is 10.4. The zero-order chi connectivity index (χ0) is 19.5. The third-order valence-electron chi connectivity index (χ3n) is 3.40. The molecule has 27 heavy (non-hydrogen) atoms. The number of rotatable bonds is 9. The molecule has 0 radical (unpaired) electrons. The van der Waals surface area contributed by atoms with Gasteiger partial charge in [-0.1, -0.05) is 36.9 Å². The standard InChI is InChI=1S/C20H20FN3O3/c1-2-13-27-18-10-6-3-7-15(18)14-22-24-20(26)12-11-19(25)23-17-9-5-4-8-16(17)21/h2-10,14H,1,11-13H2,(H,23,25)(H,24,26). The number of benzene rings is 2. The summed E-state index contributed by atoms with van der Waals surface area (Å²) in [5.41, 5.74) is 3.12. The van der Waals surface area contributed by atoms with Gasteiger partial charge in [0.1, 0.15) is 18.2 Å². The van der Waals surface area contributed by atoms with Crippen molar-refractivity contribution in [3.05, 3.63) is 72.6 Å². The van der Waals surface area contributed by atoms with Crippen LogP contribution in [0.1, 0.15) is 18.4 Å². The Hall–Kier alpha value is -3.48. The Morgan fingerprint density at radius 1 is 1.07 bits per heavy atom. The largest absolute Gasteiger partial charge is 0.489 e. The number of hydrogen-bond donors (Lipinski definition) is 2. The maximum atomic E-state index is 13.5. The zero-order valence-electron chi connectivity index (χ0n) is 14.7. The predicted molar refractivity (Wildman–Crippen MR) is 102 cm³/mol. The average Bonchev–Trinajstić information content (AvgIpc) is 2.67. The van der Waals surface area contributed by atoms with Crippen molar-refractivity contribution in [3.63, 3.8) is 0 Å². The minimum absolute atomic E-state index is 0.0771. The third-order valence-corrected chi connectivity index (χ3v) is 3.40. The molecule has 0 aliphatic carbocycles. The molecular formula is C20H20FN3O3. The van der Waals surface area contributed by atoms with Crippen molar-refractivity contribution >= 4 is 23.7 Å². The number of halogens is 1. The van der Waals surface area contributed by atoms with E-state index in [-0.39, 0.29) is 18.5 Å². The summed E-state index contributed by atoms with van der Waals surface area (Å²) in [5, 5.41) is 6.28. The molecule has 0 spiro atoms. The summed E-state index contributed by atoms with van der Waals surface area (Å²) >= 11 is 0. The van der Waals surface area contributed by atoms with Crippen molar-refractivity contribution in [1.82, 2.24) is 5.43 Å². The van der Waals surface area contributed by atoms with Crippen LogP contribution >= 0.6 is 0 Å². The minimum atomic E-state index is -0.530. The van der Waals surface area contributed by atoms with Crippen LogP contribution in [0.3, 0.4) is 0 Å². The number of carbonyl (C=O) groups is 2. The van der Waals surface area contributed by atoms with Crippen LogP contribution in [0, 0.1) is 5.82 Å². The topological polar surface area (TPSA) is 79.8 Å². The molecule has 0 aromatic heterocycles. The van der Waals surface area contributed by atoms with Crippen LogP contribution < -0.4 is 15.5 Å². The molecule has 0 aliphatic rings. The van der Waals surface area contributed by atoms with Crippen molar-refractivity contribution in [3.8, 4) is 5.75 Å². The van der Waals surface area contributed by atoms with E-state index in [1.165, 1.54) is 24.4 Å². The van der Waals surface area contributed by atoms with Gasteiger partial charge >= 0.3 is 0 Å². The second-order valence-corrected chi connectivity index (χ2v) is 5.46. The van der Waals surface area contributed by atoms with E-state index in [2.05, 4.69) is 22.4 Å². The second-order valence-electron chi connectivity index (χ2n) is 5.46. The Kier molecular flexibility index (Phi) is 7.71. The van der Waals surface area contributed by atoms with Gasteiger partial charge in [-0.05, 0) is 24.3 Å². The summed E-state index contributed by atoms with van der Waals surface area (Å²) < 4.78 is 18.9. The van der Waals surface area contributed by atoms with Gasteiger partial charge in [-0.25, -0.2) is 9.82 Å². The smallest absolute Gasteiger partial charge is 0.240 e. The molecule has 0 saturated carbocycles. The van der Waals surface area contributed by atoms with Gasteiger partial charge < -0.3 is 10.1 Å². The Morgan fingerprint density at radius 3 is 2.56 bits per heavy atom. The minimum Gasteiger partial charge on any atom is -0.489 e. The van der Waals surface area contributed by atoms with Gasteiger partial charge in [0, 0.05) is 18.4 Å². The van der Waals surface area contributed by atoms with Gasteiger partial charge in [0.05, 0.1) is 11.9 Å². The monoisotopic (exact) mass is 369 g/mol. The molecule has 0 heterocycles. The summed E-state index contributed by atoms with van der Waals surface area (Å²) in [5.74, 6) is -0.807. The predicted octanol–water partition coefficient (Wildman–Crippen LogP) is 3.26.